The molecule has 1 atom stereocenters. The Bertz CT molecular complexity index is 768. The van der Waals surface area contributed by atoms with Gasteiger partial charge in [-0.25, -0.2) is 0 Å². The number of carbonyl (C=O) groups excluding carboxylic acids is 2. The van der Waals surface area contributed by atoms with E-state index < -0.39 is 0 Å². The van der Waals surface area contributed by atoms with E-state index >= 15 is 0 Å². The summed E-state index contributed by atoms with van der Waals surface area (Å²) in [5.41, 5.74) is 2.16. The first-order valence-corrected chi connectivity index (χ1v) is 8.37. The number of nitrogens with one attached hydrogen (secondary N) is 1. The van der Waals surface area contributed by atoms with E-state index in [9.17, 15) is 9.59 Å². The molecule has 1 saturated heterocycles. The molecule has 2 aromatic rings. The van der Waals surface area contributed by atoms with E-state index in [1.165, 1.54) is 6.26 Å². The highest BCUT2D eigenvalue weighted by Gasteiger charge is 2.28. The molecule has 1 aliphatic rings. The highest BCUT2D eigenvalue weighted by Crippen LogP contribution is 2.21. The summed E-state index contributed by atoms with van der Waals surface area (Å²) < 4.78 is 5.09. The molecule has 6 nitrogen and oxygen atoms in total. The zero-order valence-electron chi connectivity index (χ0n) is 14.8. The van der Waals surface area contributed by atoms with Gasteiger partial charge in [0.15, 0.2) is 5.76 Å². The molecule has 1 aromatic carbocycles. The first-order valence-electron chi connectivity index (χ1n) is 8.37. The second kappa shape index (κ2) is 7.11. The van der Waals surface area contributed by atoms with Gasteiger partial charge in [0.05, 0.1) is 6.26 Å². The predicted octanol–water partition coefficient (Wildman–Crippen LogP) is 2.62. The number of rotatable bonds is 4. The normalized spacial score (nSPS) is 17.1. The Labute approximate surface area is 147 Å². The van der Waals surface area contributed by atoms with Gasteiger partial charge in [-0.2, -0.15) is 0 Å². The van der Waals surface area contributed by atoms with Crippen LogP contribution in [0, 0.1) is 6.92 Å². The molecule has 0 aliphatic carbocycles. The lowest BCUT2D eigenvalue weighted by molar-refractivity contribution is 0.0783. The van der Waals surface area contributed by atoms with Gasteiger partial charge in [0.2, 0.25) is 0 Å². The van der Waals surface area contributed by atoms with E-state index in [-0.39, 0.29) is 17.6 Å². The fourth-order valence-electron chi connectivity index (χ4n) is 3.06. The summed E-state index contributed by atoms with van der Waals surface area (Å²) in [5.74, 6) is -0.0109. The minimum absolute atomic E-state index is 0.0383. The van der Waals surface area contributed by atoms with Crippen LogP contribution in [0.25, 0.3) is 0 Å². The monoisotopic (exact) mass is 341 g/mol. The highest BCUT2D eigenvalue weighted by molar-refractivity contribution is 6.03. The van der Waals surface area contributed by atoms with Gasteiger partial charge in [0.25, 0.3) is 11.8 Å². The van der Waals surface area contributed by atoms with Crippen molar-refractivity contribution in [3.05, 3.63) is 53.5 Å². The SMILES string of the molecule is Cc1cc(C(=O)N2CCC(N(C)C)C2)ccc1NC(=O)c1ccco1. The van der Waals surface area contributed by atoms with Gasteiger partial charge in [0, 0.05) is 30.4 Å². The van der Waals surface area contributed by atoms with Crippen LogP contribution in [-0.4, -0.2) is 54.8 Å². The van der Waals surface area contributed by atoms with Crippen molar-refractivity contribution in [2.45, 2.75) is 19.4 Å². The molecule has 0 radical (unpaired) electrons. The summed E-state index contributed by atoms with van der Waals surface area (Å²) in [6, 6.07) is 9.04. The van der Waals surface area contributed by atoms with Crippen molar-refractivity contribution in [1.82, 2.24) is 9.80 Å². The lowest BCUT2D eigenvalue weighted by Gasteiger charge is -2.20. The van der Waals surface area contributed by atoms with Gasteiger partial charge < -0.3 is 19.5 Å². The van der Waals surface area contributed by atoms with Crippen LogP contribution in [0.5, 0.6) is 0 Å². The summed E-state index contributed by atoms with van der Waals surface area (Å²) in [5, 5.41) is 2.81. The first-order chi connectivity index (χ1) is 12.0. The van der Waals surface area contributed by atoms with Crippen LogP contribution in [0.2, 0.25) is 0 Å². The molecule has 1 aromatic heterocycles. The van der Waals surface area contributed by atoms with Gasteiger partial charge in [-0.3, -0.25) is 9.59 Å². The van der Waals surface area contributed by atoms with Crippen molar-refractivity contribution in [2.24, 2.45) is 0 Å². The Morgan fingerprint density at radius 1 is 1.28 bits per heavy atom. The number of carbonyl (C=O) groups is 2. The average Bonchev–Trinajstić information content (AvgIpc) is 3.27. The van der Waals surface area contributed by atoms with Gasteiger partial charge in [-0.15, -0.1) is 0 Å². The number of anilines is 1. The minimum atomic E-state index is -0.305. The molecular weight excluding hydrogens is 318 g/mol. The van der Waals surface area contributed by atoms with Crippen LogP contribution in [-0.2, 0) is 0 Å². The summed E-state index contributed by atoms with van der Waals surface area (Å²) in [6.45, 7) is 3.40. The summed E-state index contributed by atoms with van der Waals surface area (Å²) in [6.07, 6.45) is 2.45. The first kappa shape index (κ1) is 17.2. The van der Waals surface area contributed by atoms with Gasteiger partial charge in [-0.1, -0.05) is 0 Å². The van der Waals surface area contributed by atoms with E-state index in [2.05, 4.69) is 10.2 Å². The van der Waals surface area contributed by atoms with Crippen molar-refractivity contribution >= 4 is 17.5 Å². The number of amides is 2. The topological polar surface area (TPSA) is 65.8 Å². The number of hydrogen-bond donors (Lipinski definition) is 1. The highest BCUT2D eigenvalue weighted by atomic mass is 16.3. The Hall–Kier alpha value is -2.60. The fourth-order valence-corrected chi connectivity index (χ4v) is 3.06. The average molecular weight is 341 g/mol. The zero-order chi connectivity index (χ0) is 18.0. The maximum absolute atomic E-state index is 12.7. The number of furan rings is 1. The Balaban J connectivity index is 1.69. The van der Waals surface area contributed by atoms with E-state index in [1.807, 2.05) is 32.0 Å². The second-order valence-corrected chi connectivity index (χ2v) is 6.62. The molecule has 0 spiro atoms. The number of likely N-dealkylation sites (tertiary alicyclic amines) is 1. The van der Waals surface area contributed by atoms with Crippen LogP contribution in [0.3, 0.4) is 0 Å². The number of likely N-dealkylation sites (N-methyl/N-ethyl adjacent to an activating group) is 1. The minimum Gasteiger partial charge on any atom is -0.459 e. The summed E-state index contributed by atoms with van der Waals surface area (Å²) in [7, 11) is 4.08. The van der Waals surface area contributed by atoms with Crippen molar-refractivity contribution in [2.75, 3.05) is 32.5 Å². The third kappa shape index (κ3) is 3.74. The van der Waals surface area contributed by atoms with E-state index in [1.54, 1.807) is 24.3 Å². The van der Waals surface area contributed by atoms with Crippen LogP contribution in [0.15, 0.2) is 41.0 Å². The molecule has 132 valence electrons. The maximum Gasteiger partial charge on any atom is 0.291 e. The Morgan fingerprint density at radius 3 is 2.68 bits per heavy atom. The van der Waals surface area contributed by atoms with Crippen LogP contribution in [0.4, 0.5) is 5.69 Å². The second-order valence-electron chi connectivity index (χ2n) is 6.62. The summed E-state index contributed by atoms with van der Waals surface area (Å²) >= 11 is 0. The van der Waals surface area contributed by atoms with E-state index in [0.717, 1.165) is 25.1 Å². The number of benzene rings is 1. The van der Waals surface area contributed by atoms with Crippen LogP contribution < -0.4 is 5.32 Å². The molecular formula is C19H23N3O3. The van der Waals surface area contributed by atoms with E-state index in [4.69, 9.17) is 4.42 Å². The van der Waals surface area contributed by atoms with Crippen molar-refractivity contribution in [3.8, 4) is 0 Å². The Morgan fingerprint density at radius 2 is 2.08 bits per heavy atom. The maximum atomic E-state index is 12.7. The molecule has 0 saturated carbocycles. The number of aryl methyl sites for hydroxylation is 1. The van der Waals surface area contributed by atoms with E-state index in [0.29, 0.717) is 17.3 Å². The Kier molecular flexibility index (Phi) is 4.90. The molecule has 1 fully saturated rings. The molecule has 1 unspecified atom stereocenters. The van der Waals surface area contributed by atoms with Gasteiger partial charge >= 0.3 is 0 Å². The number of hydrogen-bond acceptors (Lipinski definition) is 4. The number of nitrogens with zero attached hydrogens (tertiary/aromatic N) is 2. The molecule has 2 heterocycles. The lowest BCUT2D eigenvalue weighted by Crippen LogP contribution is -2.34. The zero-order valence-corrected chi connectivity index (χ0v) is 14.8. The molecule has 2 amide bonds. The molecule has 1 N–H and O–H groups in total. The van der Waals surface area contributed by atoms with Gasteiger partial charge in [0.1, 0.15) is 0 Å². The van der Waals surface area contributed by atoms with Crippen LogP contribution in [0.1, 0.15) is 32.9 Å². The van der Waals surface area contributed by atoms with Gasteiger partial charge in [-0.05, 0) is 63.3 Å². The van der Waals surface area contributed by atoms with Crippen molar-refractivity contribution < 1.29 is 14.0 Å². The third-order valence-corrected chi connectivity index (χ3v) is 4.65. The fraction of sp³-hybridized carbons (Fsp3) is 0.368. The lowest BCUT2D eigenvalue weighted by atomic mass is 10.1. The largest absolute Gasteiger partial charge is 0.459 e. The van der Waals surface area contributed by atoms with Crippen molar-refractivity contribution in [1.29, 1.82) is 0 Å². The predicted molar refractivity (Wildman–Crippen MR) is 95.8 cm³/mol. The molecule has 6 heteroatoms. The quantitative estimate of drug-likeness (QED) is 0.928. The molecule has 3 rings (SSSR count). The molecule has 0 bridgehead atoms. The summed E-state index contributed by atoms with van der Waals surface area (Å²) in [4.78, 5) is 28.8. The smallest absolute Gasteiger partial charge is 0.291 e. The van der Waals surface area contributed by atoms with Crippen LogP contribution >= 0.6 is 0 Å². The third-order valence-electron chi connectivity index (χ3n) is 4.65. The molecule has 25 heavy (non-hydrogen) atoms. The molecule has 1 aliphatic heterocycles. The van der Waals surface area contributed by atoms with Crippen molar-refractivity contribution in [3.63, 3.8) is 0 Å². The standard InChI is InChI=1S/C19H23N3O3/c1-13-11-14(19(24)22-9-8-15(12-22)21(2)3)6-7-16(13)20-18(23)17-5-4-10-25-17/h4-7,10-11,15H,8-9,12H2,1-3H3,(H,20,23).